The number of nitrogens with zero attached hydrogens (tertiary/aromatic N) is 1. The molecule has 1 amide bonds. The van der Waals surface area contributed by atoms with Crippen LogP contribution in [0.3, 0.4) is 0 Å². The third-order valence-corrected chi connectivity index (χ3v) is 6.14. The Hall–Kier alpha value is -1.85. The first kappa shape index (κ1) is 15.7. The van der Waals surface area contributed by atoms with Gasteiger partial charge in [0.2, 0.25) is 0 Å². The van der Waals surface area contributed by atoms with Crippen molar-refractivity contribution in [2.24, 2.45) is 0 Å². The molecule has 1 spiro atoms. The molecule has 5 heteroatoms. The molecule has 2 aromatic rings. The van der Waals surface area contributed by atoms with Crippen LogP contribution in [0.5, 0.6) is 0 Å². The molecule has 0 saturated carbocycles. The van der Waals surface area contributed by atoms with E-state index in [0.29, 0.717) is 6.61 Å². The molecule has 1 fully saturated rings. The zero-order valence-electron chi connectivity index (χ0n) is 13.7. The molecular formula is C19H22N2O2S. The number of nitrogens with one attached hydrogen (secondary N) is 1. The molecule has 126 valence electrons. The van der Waals surface area contributed by atoms with Crippen LogP contribution in [0.25, 0.3) is 0 Å². The number of piperidine rings is 1. The third kappa shape index (κ3) is 2.94. The maximum Gasteiger partial charge on any atom is 0.410 e. The van der Waals surface area contributed by atoms with Crippen LogP contribution in [0.15, 0.2) is 41.8 Å². The molecule has 2 aliphatic rings. The number of carbonyl (C=O) groups excluding carboxylic acids is 1. The van der Waals surface area contributed by atoms with Gasteiger partial charge in [-0.3, -0.25) is 0 Å². The van der Waals surface area contributed by atoms with Crippen LogP contribution in [0.2, 0.25) is 0 Å². The Morgan fingerprint density at radius 3 is 2.79 bits per heavy atom. The molecule has 0 atom stereocenters. The molecule has 3 heterocycles. The second-order valence-corrected chi connectivity index (χ2v) is 7.54. The van der Waals surface area contributed by atoms with Crippen molar-refractivity contribution in [3.8, 4) is 0 Å². The molecule has 4 rings (SSSR count). The number of hydrogen-bond donors (Lipinski definition) is 1. The second kappa shape index (κ2) is 6.57. The number of hydrogen-bond acceptors (Lipinski definition) is 4. The molecule has 4 nitrogen and oxygen atoms in total. The number of benzene rings is 1. The number of amides is 1. The summed E-state index contributed by atoms with van der Waals surface area (Å²) in [5.74, 6) is 0. The first-order valence-corrected chi connectivity index (χ1v) is 9.42. The Balaban J connectivity index is 1.36. The number of fused-ring (bicyclic) bond motifs is 2. The Kier molecular flexibility index (Phi) is 4.29. The quantitative estimate of drug-likeness (QED) is 0.908. The van der Waals surface area contributed by atoms with E-state index in [1.807, 2.05) is 46.6 Å². The molecule has 0 radical (unpaired) electrons. The van der Waals surface area contributed by atoms with E-state index in [9.17, 15) is 4.79 Å². The van der Waals surface area contributed by atoms with Gasteiger partial charge in [0.05, 0.1) is 0 Å². The minimum absolute atomic E-state index is 0.0593. The number of likely N-dealkylation sites (tertiary alicyclic amines) is 1. The lowest BCUT2D eigenvalue weighted by molar-refractivity contribution is 0.0706. The van der Waals surface area contributed by atoms with Gasteiger partial charge in [-0.1, -0.05) is 30.3 Å². The van der Waals surface area contributed by atoms with Gasteiger partial charge in [-0.2, -0.15) is 0 Å². The molecule has 0 bridgehead atoms. The van der Waals surface area contributed by atoms with Crippen molar-refractivity contribution in [1.82, 2.24) is 10.2 Å². The van der Waals surface area contributed by atoms with Crippen LogP contribution in [-0.4, -0.2) is 30.6 Å². The average Bonchev–Trinajstić information content (AvgIpc) is 3.12. The summed E-state index contributed by atoms with van der Waals surface area (Å²) in [6.45, 7) is 2.87. The fourth-order valence-corrected chi connectivity index (χ4v) is 4.78. The number of rotatable bonds is 2. The third-order valence-electron chi connectivity index (χ3n) is 5.16. The Morgan fingerprint density at radius 2 is 2.00 bits per heavy atom. The highest BCUT2D eigenvalue weighted by atomic mass is 32.1. The van der Waals surface area contributed by atoms with Gasteiger partial charge < -0.3 is 15.0 Å². The standard InChI is InChI=1S/C19H22N2O2S/c22-18(23-14-15-4-2-1-3-5-15)21-11-8-19(9-12-21)16-7-13-24-17(16)6-10-20-19/h1-5,7,13,20H,6,8-12,14H2. The van der Waals surface area contributed by atoms with Gasteiger partial charge in [-0.05, 0) is 41.8 Å². The highest BCUT2D eigenvalue weighted by molar-refractivity contribution is 7.10. The average molecular weight is 342 g/mol. The largest absolute Gasteiger partial charge is 0.445 e. The van der Waals surface area contributed by atoms with E-state index >= 15 is 0 Å². The van der Waals surface area contributed by atoms with Gasteiger partial charge >= 0.3 is 6.09 Å². The monoisotopic (exact) mass is 342 g/mol. The second-order valence-electron chi connectivity index (χ2n) is 6.54. The molecule has 1 aromatic heterocycles. The predicted molar refractivity (Wildman–Crippen MR) is 95.1 cm³/mol. The minimum Gasteiger partial charge on any atom is -0.445 e. The lowest BCUT2D eigenvalue weighted by atomic mass is 9.79. The van der Waals surface area contributed by atoms with E-state index in [2.05, 4.69) is 16.8 Å². The van der Waals surface area contributed by atoms with Crippen molar-refractivity contribution in [2.45, 2.75) is 31.4 Å². The normalized spacial score (nSPS) is 19.1. The summed E-state index contributed by atoms with van der Waals surface area (Å²) >= 11 is 1.86. The van der Waals surface area contributed by atoms with Crippen LogP contribution in [-0.2, 0) is 23.3 Å². The van der Waals surface area contributed by atoms with E-state index < -0.39 is 0 Å². The van der Waals surface area contributed by atoms with Crippen LogP contribution in [0.1, 0.15) is 28.8 Å². The van der Waals surface area contributed by atoms with E-state index in [4.69, 9.17) is 4.74 Å². The molecule has 1 saturated heterocycles. The van der Waals surface area contributed by atoms with Gasteiger partial charge in [0.15, 0.2) is 0 Å². The summed E-state index contributed by atoms with van der Waals surface area (Å²) in [4.78, 5) is 15.7. The molecule has 2 aliphatic heterocycles. The van der Waals surface area contributed by atoms with Crippen LogP contribution >= 0.6 is 11.3 Å². The summed E-state index contributed by atoms with van der Waals surface area (Å²) in [6.07, 6.45) is 2.83. The van der Waals surface area contributed by atoms with Gasteiger partial charge in [-0.25, -0.2) is 4.79 Å². The lowest BCUT2D eigenvalue weighted by Crippen LogP contribution is -2.54. The van der Waals surface area contributed by atoms with Crippen LogP contribution < -0.4 is 5.32 Å². The summed E-state index contributed by atoms with van der Waals surface area (Å²) < 4.78 is 5.47. The van der Waals surface area contributed by atoms with Crippen molar-refractivity contribution in [2.75, 3.05) is 19.6 Å². The highest BCUT2D eigenvalue weighted by Gasteiger charge is 2.40. The Bertz CT molecular complexity index is 705. The van der Waals surface area contributed by atoms with E-state index in [0.717, 1.165) is 44.5 Å². The van der Waals surface area contributed by atoms with Crippen molar-refractivity contribution in [1.29, 1.82) is 0 Å². The highest BCUT2D eigenvalue weighted by Crippen LogP contribution is 2.39. The van der Waals surface area contributed by atoms with Gasteiger partial charge in [-0.15, -0.1) is 11.3 Å². The number of thiophene rings is 1. The van der Waals surface area contributed by atoms with Crippen molar-refractivity contribution >= 4 is 17.4 Å². The predicted octanol–water partition coefficient (Wildman–Crippen LogP) is 3.52. The number of carbonyl (C=O) groups is 1. The van der Waals surface area contributed by atoms with E-state index in [1.165, 1.54) is 10.4 Å². The maximum absolute atomic E-state index is 12.3. The molecule has 0 unspecified atom stereocenters. The fourth-order valence-electron chi connectivity index (χ4n) is 3.80. The number of ether oxygens (including phenoxy) is 1. The van der Waals surface area contributed by atoms with Crippen molar-refractivity contribution in [3.63, 3.8) is 0 Å². The maximum atomic E-state index is 12.3. The van der Waals surface area contributed by atoms with E-state index in [-0.39, 0.29) is 11.6 Å². The fraction of sp³-hybridized carbons (Fsp3) is 0.421. The molecule has 1 aromatic carbocycles. The van der Waals surface area contributed by atoms with Gasteiger partial charge in [0.1, 0.15) is 6.61 Å². The summed E-state index contributed by atoms with van der Waals surface area (Å²) in [5.41, 5.74) is 2.54. The first-order chi connectivity index (χ1) is 11.8. The zero-order valence-corrected chi connectivity index (χ0v) is 14.5. The first-order valence-electron chi connectivity index (χ1n) is 8.54. The lowest BCUT2D eigenvalue weighted by Gasteiger charge is -2.44. The topological polar surface area (TPSA) is 41.6 Å². The molecule has 0 aliphatic carbocycles. The van der Waals surface area contributed by atoms with Gasteiger partial charge in [0, 0.05) is 30.1 Å². The zero-order chi connectivity index (χ0) is 16.4. The smallest absolute Gasteiger partial charge is 0.410 e. The summed E-state index contributed by atoms with van der Waals surface area (Å²) in [5, 5.41) is 5.92. The summed E-state index contributed by atoms with van der Waals surface area (Å²) in [7, 11) is 0. The SMILES string of the molecule is O=C(OCc1ccccc1)N1CCC2(CC1)NCCc1sccc12. The van der Waals surface area contributed by atoms with Crippen molar-refractivity contribution < 1.29 is 9.53 Å². The van der Waals surface area contributed by atoms with Crippen LogP contribution in [0.4, 0.5) is 4.79 Å². The Labute approximate surface area is 146 Å². The molecule has 24 heavy (non-hydrogen) atoms. The van der Waals surface area contributed by atoms with Crippen molar-refractivity contribution in [3.05, 3.63) is 57.8 Å². The van der Waals surface area contributed by atoms with Gasteiger partial charge in [0.25, 0.3) is 0 Å². The summed E-state index contributed by atoms with van der Waals surface area (Å²) in [6, 6.07) is 12.1. The van der Waals surface area contributed by atoms with Crippen LogP contribution in [0, 0.1) is 0 Å². The minimum atomic E-state index is -0.199. The molecular weight excluding hydrogens is 320 g/mol. The Morgan fingerprint density at radius 1 is 1.21 bits per heavy atom. The van der Waals surface area contributed by atoms with E-state index in [1.54, 1.807) is 0 Å². The molecule has 1 N–H and O–H groups in total.